The predicted octanol–water partition coefficient (Wildman–Crippen LogP) is 1.69. The average molecular weight is 318 g/mol. The summed E-state index contributed by atoms with van der Waals surface area (Å²) in [7, 11) is 1.20. The third kappa shape index (κ3) is 3.41. The molecule has 0 saturated carbocycles. The van der Waals surface area contributed by atoms with Gasteiger partial charge in [0.15, 0.2) is 0 Å². The van der Waals surface area contributed by atoms with Gasteiger partial charge in [0, 0.05) is 19.0 Å². The van der Waals surface area contributed by atoms with Gasteiger partial charge in [0.1, 0.15) is 5.75 Å². The van der Waals surface area contributed by atoms with E-state index in [1.54, 1.807) is 0 Å². The molecule has 1 aliphatic rings. The van der Waals surface area contributed by atoms with Gasteiger partial charge in [-0.05, 0) is 12.1 Å². The topological polar surface area (TPSA) is 81.9 Å². The number of hydrogen-bond donors (Lipinski definition) is 1. The molecule has 0 aliphatic carbocycles. The average Bonchev–Trinajstić information content (AvgIpc) is 2.80. The SMILES string of the molecule is COC(=O)C1CC(=O)N(c2cc(OC(F)(F)F)ccc2N)C1. The molecule has 1 heterocycles. The maximum absolute atomic E-state index is 12.2. The Morgan fingerprint density at radius 1 is 1.41 bits per heavy atom. The Hall–Kier alpha value is -2.45. The van der Waals surface area contributed by atoms with E-state index in [0.29, 0.717) is 0 Å². The van der Waals surface area contributed by atoms with Crippen LogP contribution in [0.2, 0.25) is 0 Å². The fraction of sp³-hybridized carbons (Fsp3) is 0.385. The lowest BCUT2D eigenvalue weighted by molar-refractivity contribution is -0.274. The van der Waals surface area contributed by atoms with E-state index in [0.717, 1.165) is 17.0 Å². The van der Waals surface area contributed by atoms with Crippen LogP contribution in [0.5, 0.6) is 5.75 Å². The zero-order valence-corrected chi connectivity index (χ0v) is 11.5. The van der Waals surface area contributed by atoms with Crippen LogP contribution in [0.4, 0.5) is 24.5 Å². The molecule has 1 unspecified atom stereocenters. The van der Waals surface area contributed by atoms with E-state index in [1.165, 1.54) is 13.2 Å². The highest BCUT2D eigenvalue weighted by Crippen LogP contribution is 2.34. The largest absolute Gasteiger partial charge is 0.573 e. The van der Waals surface area contributed by atoms with E-state index >= 15 is 0 Å². The number of anilines is 2. The number of alkyl halides is 3. The van der Waals surface area contributed by atoms with E-state index < -0.39 is 29.9 Å². The van der Waals surface area contributed by atoms with E-state index in [-0.39, 0.29) is 24.3 Å². The number of hydrogen-bond acceptors (Lipinski definition) is 5. The standard InChI is InChI=1S/C13H13F3N2O4/c1-21-12(20)7-4-11(19)18(6-7)10-5-8(2-3-9(10)17)22-13(14,15)16/h2-3,5,7H,4,6,17H2,1H3. The molecule has 0 bridgehead atoms. The smallest absolute Gasteiger partial charge is 0.469 e. The van der Waals surface area contributed by atoms with Gasteiger partial charge in [0.2, 0.25) is 5.91 Å². The molecule has 1 aromatic rings. The van der Waals surface area contributed by atoms with Gasteiger partial charge in [0.05, 0.1) is 24.4 Å². The summed E-state index contributed by atoms with van der Waals surface area (Å²) in [6, 6.07) is 3.26. The van der Waals surface area contributed by atoms with Crippen LogP contribution in [0.25, 0.3) is 0 Å². The van der Waals surface area contributed by atoms with Crippen LogP contribution in [0.15, 0.2) is 18.2 Å². The Labute approximate surface area is 123 Å². The Balaban J connectivity index is 2.26. The molecule has 1 atom stereocenters. The number of ether oxygens (including phenoxy) is 2. The Bertz CT molecular complexity index is 603. The molecule has 9 heteroatoms. The number of rotatable bonds is 3. The third-order valence-electron chi connectivity index (χ3n) is 3.19. The molecule has 22 heavy (non-hydrogen) atoms. The number of nitrogen functional groups attached to an aromatic ring is 1. The van der Waals surface area contributed by atoms with Crippen LogP contribution in [0.1, 0.15) is 6.42 Å². The minimum Gasteiger partial charge on any atom is -0.469 e. The fourth-order valence-corrected chi connectivity index (χ4v) is 2.22. The lowest BCUT2D eigenvalue weighted by Crippen LogP contribution is -2.27. The van der Waals surface area contributed by atoms with Gasteiger partial charge in [0.25, 0.3) is 0 Å². The number of carbonyl (C=O) groups excluding carboxylic acids is 2. The zero-order chi connectivity index (χ0) is 16.5. The first kappa shape index (κ1) is 15.9. The number of esters is 1. The van der Waals surface area contributed by atoms with Crippen molar-refractivity contribution in [2.45, 2.75) is 12.8 Å². The second kappa shape index (κ2) is 5.74. The van der Waals surface area contributed by atoms with Gasteiger partial charge in [-0.3, -0.25) is 9.59 Å². The van der Waals surface area contributed by atoms with Crippen molar-refractivity contribution in [3.8, 4) is 5.75 Å². The van der Waals surface area contributed by atoms with Crippen molar-refractivity contribution in [2.75, 3.05) is 24.3 Å². The number of nitrogens with zero attached hydrogens (tertiary/aromatic N) is 1. The molecule has 0 aromatic heterocycles. The quantitative estimate of drug-likeness (QED) is 0.677. The van der Waals surface area contributed by atoms with Crippen molar-refractivity contribution in [3.63, 3.8) is 0 Å². The predicted molar refractivity (Wildman–Crippen MR) is 70.0 cm³/mol. The minimum absolute atomic E-state index is 0.00875. The van der Waals surface area contributed by atoms with Crippen LogP contribution < -0.4 is 15.4 Å². The normalized spacial score (nSPS) is 18.5. The first-order valence-electron chi connectivity index (χ1n) is 6.24. The number of carbonyl (C=O) groups is 2. The van der Waals surface area contributed by atoms with Gasteiger partial charge < -0.3 is 20.1 Å². The van der Waals surface area contributed by atoms with E-state index in [2.05, 4.69) is 9.47 Å². The summed E-state index contributed by atoms with van der Waals surface area (Å²) in [6.45, 7) is -0.00875. The summed E-state index contributed by atoms with van der Waals surface area (Å²) in [5.74, 6) is -2.15. The fourth-order valence-electron chi connectivity index (χ4n) is 2.22. The van der Waals surface area contributed by atoms with Crippen molar-refractivity contribution in [3.05, 3.63) is 18.2 Å². The second-order valence-electron chi connectivity index (χ2n) is 4.70. The zero-order valence-electron chi connectivity index (χ0n) is 11.5. The van der Waals surface area contributed by atoms with Crippen LogP contribution >= 0.6 is 0 Å². The van der Waals surface area contributed by atoms with Crippen LogP contribution in [-0.4, -0.2) is 31.9 Å². The van der Waals surface area contributed by atoms with Crippen molar-refractivity contribution in [1.29, 1.82) is 0 Å². The Kier molecular flexibility index (Phi) is 4.16. The Morgan fingerprint density at radius 2 is 2.09 bits per heavy atom. The lowest BCUT2D eigenvalue weighted by atomic mass is 10.1. The van der Waals surface area contributed by atoms with E-state index in [9.17, 15) is 22.8 Å². The number of benzene rings is 1. The summed E-state index contributed by atoms with van der Waals surface area (Å²) in [6.07, 6.45) is -4.94. The molecule has 0 radical (unpaired) electrons. The van der Waals surface area contributed by atoms with Gasteiger partial charge in [-0.15, -0.1) is 13.2 Å². The molecule has 120 valence electrons. The number of halogens is 3. The molecular weight excluding hydrogens is 305 g/mol. The summed E-state index contributed by atoms with van der Waals surface area (Å²) >= 11 is 0. The molecule has 2 N–H and O–H groups in total. The number of methoxy groups -OCH3 is 1. The first-order valence-corrected chi connectivity index (χ1v) is 6.24. The van der Waals surface area contributed by atoms with Crippen LogP contribution in [0.3, 0.4) is 0 Å². The highest BCUT2D eigenvalue weighted by molar-refractivity contribution is 6.01. The molecule has 1 aliphatic heterocycles. The van der Waals surface area contributed by atoms with Gasteiger partial charge in [-0.2, -0.15) is 0 Å². The highest BCUT2D eigenvalue weighted by Gasteiger charge is 2.37. The molecule has 1 saturated heterocycles. The monoisotopic (exact) mass is 318 g/mol. The van der Waals surface area contributed by atoms with E-state index in [1.807, 2.05) is 0 Å². The van der Waals surface area contributed by atoms with Crippen molar-refractivity contribution in [2.24, 2.45) is 5.92 Å². The van der Waals surface area contributed by atoms with Crippen LogP contribution in [0, 0.1) is 5.92 Å². The van der Waals surface area contributed by atoms with Crippen molar-refractivity contribution >= 4 is 23.3 Å². The van der Waals surface area contributed by atoms with E-state index in [4.69, 9.17) is 5.73 Å². The molecule has 0 spiro atoms. The second-order valence-corrected chi connectivity index (χ2v) is 4.70. The Morgan fingerprint density at radius 3 is 2.68 bits per heavy atom. The summed E-state index contributed by atoms with van der Waals surface area (Å²) in [4.78, 5) is 24.6. The maximum atomic E-state index is 12.2. The molecule has 1 amide bonds. The highest BCUT2D eigenvalue weighted by atomic mass is 19.4. The van der Waals surface area contributed by atoms with Crippen molar-refractivity contribution in [1.82, 2.24) is 0 Å². The molecule has 1 aromatic carbocycles. The molecular formula is C13H13F3N2O4. The summed E-state index contributed by atoms with van der Waals surface area (Å²) in [5, 5.41) is 0. The third-order valence-corrected chi connectivity index (χ3v) is 3.19. The lowest BCUT2D eigenvalue weighted by Gasteiger charge is -2.20. The summed E-state index contributed by atoms with van der Waals surface area (Å²) in [5.41, 5.74) is 5.88. The van der Waals surface area contributed by atoms with Gasteiger partial charge >= 0.3 is 12.3 Å². The number of amides is 1. The van der Waals surface area contributed by atoms with Gasteiger partial charge in [-0.1, -0.05) is 0 Å². The molecule has 6 nitrogen and oxygen atoms in total. The first-order chi connectivity index (χ1) is 10.2. The maximum Gasteiger partial charge on any atom is 0.573 e. The molecule has 2 rings (SSSR count). The number of nitrogens with two attached hydrogens (primary N) is 1. The summed E-state index contributed by atoms with van der Waals surface area (Å²) < 4.78 is 45.1. The van der Waals surface area contributed by atoms with Crippen molar-refractivity contribution < 1.29 is 32.2 Å². The molecule has 1 fully saturated rings. The minimum atomic E-state index is -4.85. The van der Waals surface area contributed by atoms with Gasteiger partial charge in [-0.25, -0.2) is 0 Å². The van der Waals surface area contributed by atoms with Crippen LogP contribution in [-0.2, 0) is 14.3 Å².